The summed E-state index contributed by atoms with van der Waals surface area (Å²) in [5.41, 5.74) is 5.31. The van der Waals surface area contributed by atoms with Gasteiger partial charge in [0.05, 0.1) is 33.1 Å². The molecule has 226 valence electrons. The highest BCUT2D eigenvalue weighted by Gasteiger charge is 2.38. The molecule has 2 N–H and O–H groups in total. The van der Waals surface area contributed by atoms with Crippen molar-refractivity contribution in [3.05, 3.63) is 106 Å². The number of methoxy groups -OCH3 is 1. The molecule has 45 heavy (non-hydrogen) atoms. The molecule has 0 fully saturated rings. The molecule has 0 radical (unpaired) electrons. The van der Waals surface area contributed by atoms with Gasteiger partial charge in [-0.25, -0.2) is 24.2 Å². The van der Waals surface area contributed by atoms with E-state index in [1.165, 1.54) is 31.4 Å². The molecule has 0 aliphatic carbocycles. The monoisotopic (exact) mass is 694 g/mol. The number of benzene rings is 3. The standard InChI is InChI=1S/C30H18BrF3N6O4S/c1-44-28(43)17-9-7-16(8-10-17)26(41)39(29-37-19-12-11-18(35)13-21(19)45-29)27(42)24-23(31)25-36-20(15-5-3-2-4-6-15)14-22(30(32,33)34)40(25)38-24/h2-14H,35H2,1H3. The number of nitrogen functional groups attached to an aromatic ring is 1. The van der Waals surface area contributed by atoms with Gasteiger partial charge in [0, 0.05) is 16.8 Å². The van der Waals surface area contributed by atoms with Crippen molar-refractivity contribution in [1.29, 1.82) is 0 Å². The van der Waals surface area contributed by atoms with Crippen molar-refractivity contribution in [2.75, 3.05) is 17.7 Å². The Morgan fingerprint density at radius 1 is 0.933 bits per heavy atom. The van der Waals surface area contributed by atoms with Gasteiger partial charge >= 0.3 is 12.1 Å². The van der Waals surface area contributed by atoms with Crippen LogP contribution in [0.1, 0.15) is 36.9 Å². The number of carbonyl (C=O) groups is 3. The summed E-state index contributed by atoms with van der Waals surface area (Å²) in [5, 5.41) is 3.91. The number of fused-ring (bicyclic) bond motifs is 2. The van der Waals surface area contributed by atoms with Gasteiger partial charge in [-0.1, -0.05) is 41.7 Å². The third-order valence-corrected chi connectivity index (χ3v) is 8.38. The number of esters is 1. The molecule has 0 atom stereocenters. The predicted molar refractivity (Wildman–Crippen MR) is 164 cm³/mol. The van der Waals surface area contributed by atoms with Crippen molar-refractivity contribution < 1.29 is 32.3 Å². The first-order valence-corrected chi connectivity index (χ1v) is 14.5. The predicted octanol–water partition coefficient (Wildman–Crippen LogP) is 6.64. The zero-order valence-corrected chi connectivity index (χ0v) is 25.3. The molecule has 10 nitrogen and oxygen atoms in total. The molecule has 2 amide bonds. The number of nitrogens with zero attached hydrogens (tertiary/aromatic N) is 5. The minimum atomic E-state index is -4.87. The van der Waals surface area contributed by atoms with Crippen LogP contribution < -0.4 is 10.6 Å². The first-order chi connectivity index (χ1) is 21.5. The molecule has 15 heteroatoms. The molecule has 3 aromatic carbocycles. The van der Waals surface area contributed by atoms with Gasteiger partial charge in [-0.15, -0.1) is 0 Å². The van der Waals surface area contributed by atoms with E-state index in [1.54, 1.807) is 48.5 Å². The number of thiazole rings is 1. The van der Waals surface area contributed by atoms with Crippen LogP contribution in [0.3, 0.4) is 0 Å². The van der Waals surface area contributed by atoms with E-state index in [2.05, 4.69) is 31.0 Å². The lowest BCUT2D eigenvalue weighted by atomic mass is 10.1. The van der Waals surface area contributed by atoms with Crippen LogP contribution in [0.5, 0.6) is 0 Å². The number of rotatable bonds is 5. The first-order valence-electron chi connectivity index (χ1n) is 12.9. The van der Waals surface area contributed by atoms with E-state index in [1.807, 2.05) is 0 Å². The number of alkyl halides is 3. The smallest absolute Gasteiger partial charge is 0.433 e. The summed E-state index contributed by atoms with van der Waals surface area (Å²) in [6.07, 6.45) is -4.87. The van der Waals surface area contributed by atoms with Gasteiger partial charge in [-0.3, -0.25) is 9.59 Å². The summed E-state index contributed by atoms with van der Waals surface area (Å²) >= 11 is 4.20. The lowest BCUT2D eigenvalue weighted by Crippen LogP contribution is -2.37. The summed E-state index contributed by atoms with van der Waals surface area (Å²) in [7, 11) is 1.20. The maximum absolute atomic E-state index is 14.3. The van der Waals surface area contributed by atoms with Crippen LogP contribution in [0.4, 0.5) is 24.0 Å². The van der Waals surface area contributed by atoms with Crippen molar-refractivity contribution in [3.8, 4) is 11.3 Å². The highest BCUT2D eigenvalue weighted by Crippen LogP contribution is 2.37. The molecule has 0 aliphatic heterocycles. The maximum atomic E-state index is 14.3. The van der Waals surface area contributed by atoms with Crippen molar-refractivity contribution in [2.45, 2.75) is 6.18 Å². The lowest BCUT2D eigenvalue weighted by molar-refractivity contribution is -0.142. The van der Waals surface area contributed by atoms with Crippen LogP contribution in [0.25, 0.3) is 27.1 Å². The lowest BCUT2D eigenvalue weighted by Gasteiger charge is -2.17. The molecular weight excluding hydrogens is 677 g/mol. The molecular formula is C30H18BrF3N6O4S. The average Bonchev–Trinajstić information content (AvgIpc) is 3.60. The molecule has 0 bridgehead atoms. The van der Waals surface area contributed by atoms with E-state index in [-0.39, 0.29) is 32.1 Å². The van der Waals surface area contributed by atoms with E-state index in [0.29, 0.717) is 30.9 Å². The second-order valence-electron chi connectivity index (χ2n) is 9.53. The third kappa shape index (κ3) is 5.51. The zero-order valence-electron chi connectivity index (χ0n) is 22.9. The minimum Gasteiger partial charge on any atom is -0.465 e. The summed E-state index contributed by atoms with van der Waals surface area (Å²) in [4.78, 5) is 49.5. The zero-order chi connectivity index (χ0) is 32.0. The van der Waals surface area contributed by atoms with Crippen molar-refractivity contribution in [2.24, 2.45) is 0 Å². The number of anilines is 2. The van der Waals surface area contributed by atoms with Crippen LogP contribution in [-0.4, -0.2) is 44.5 Å². The van der Waals surface area contributed by atoms with Gasteiger partial charge in [0.15, 0.2) is 17.0 Å². The molecule has 0 spiro atoms. The van der Waals surface area contributed by atoms with Gasteiger partial charge in [-0.2, -0.15) is 18.3 Å². The number of imide groups is 1. The Morgan fingerprint density at radius 2 is 1.62 bits per heavy atom. The summed E-state index contributed by atoms with van der Waals surface area (Å²) in [6.45, 7) is 0. The van der Waals surface area contributed by atoms with E-state index < -0.39 is 35.3 Å². The van der Waals surface area contributed by atoms with Gasteiger partial charge in [-0.05, 0) is 64.5 Å². The van der Waals surface area contributed by atoms with Gasteiger partial charge < -0.3 is 10.5 Å². The van der Waals surface area contributed by atoms with E-state index >= 15 is 0 Å². The second kappa shape index (κ2) is 11.4. The van der Waals surface area contributed by atoms with Crippen molar-refractivity contribution >= 4 is 71.7 Å². The average molecular weight is 695 g/mol. The minimum absolute atomic E-state index is 0.00239. The number of hydrogen-bond acceptors (Lipinski definition) is 9. The quantitative estimate of drug-likeness (QED) is 0.121. The Hall–Kier alpha value is -5.15. The number of carbonyl (C=O) groups excluding carboxylic acids is 3. The number of halogens is 4. The van der Waals surface area contributed by atoms with Gasteiger partial charge in [0.2, 0.25) is 5.13 Å². The molecule has 0 saturated carbocycles. The summed E-state index contributed by atoms with van der Waals surface area (Å²) < 4.78 is 48.5. The van der Waals surface area contributed by atoms with Crippen molar-refractivity contribution in [3.63, 3.8) is 0 Å². The van der Waals surface area contributed by atoms with E-state index in [4.69, 9.17) is 10.5 Å². The van der Waals surface area contributed by atoms with Crippen LogP contribution in [-0.2, 0) is 10.9 Å². The normalized spacial score (nSPS) is 11.6. The molecule has 0 aliphatic rings. The van der Waals surface area contributed by atoms with E-state index in [9.17, 15) is 27.6 Å². The van der Waals surface area contributed by atoms with Crippen LogP contribution >= 0.6 is 27.3 Å². The summed E-state index contributed by atoms with van der Waals surface area (Å²) in [6, 6.07) is 19.2. The topological polar surface area (TPSA) is 133 Å². The second-order valence-corrected chi connectivity index (χ2v) is 11.3. The van der Waals surface area contributed by atoms with Gasteiger partial charge in [0.25, 0.3) is 11.8 Å². The summed E-state index contributed by atoms with van der Waals surface area (Å²) in [5.74, 6) is -2.58. The Balaban J connectivity index is 1.52. The first kappa shape index (κ1) is 29.9. The Morgan fingerprint density at radius 3 is 2.29 bits per heavy atom. The number of amides is 2. The van der Waals surface area contributed by atoms with Crippen LogP contribution in [0.15, 0.2) is 83.3 Å². The number of hydrogen-bond donors (Lipinski definition) is 1. The Kier molecular flexibility index (Phi) is 7.58. The number of ether oxygens (including phenoxy) is 1. The molecule has 6 rings (SSSR count). The van der Waals surface area contributed by atoms with Crippen LogP contribution in [0.2, 0.25) is 0 Å². The fraction of sp³-hybridized carbons (Fsp3) is 0.0667. The molecule has 3 heterocycles. The highest BCUT2D eigenvalue weighted by atomic mass is 79.9. The fourth-order valence-electron chi connectivity index (χ4n) is 4.48. The molecule has 0 unspecified atom stereocenters. The fourth-order valence-corrected chi connectivity index (χ4v) is 6.00. The molecule has 6 aromatic rings. The largest absolute Gasteiger partial charge is 0.465 e. The molecule has 3 aromatic heterocycles. The Bertz CT molecular complexity index is 2130. The number of nitrogens with two attached hydrogens (primary N) is 1. The van der Waals surface area contributed by atoms with E-state index in [0.717, 1.165) is 17.4 Å². The Labute approximate surface area is 264 Å². The highest BCUT2D eigenvalue weighted by molar-refractivity contribution is 9.10. The third-order valence-electron chi connectivity index (χ3n) is 6.65. The maximum Gasteiger partial charge on any atom is 0.433 e. The number of aromatic nitrogens is 4. The molecule has 0 saturated heterocycles. The van der Waals surface area contributed by atoms with Crippen LogP contribution in [0, 0.1) is 0 Å². The van der Waals surface area contributed by atoms with Gasteiger partial charge in [0.1, 0.15) is 0 Å². The van der Waals surface area contributed by atoms with Crippen molar-refractivity contribution in [1.82, 2.24) is 19.6 Å². The SMILES string of the molecule is COC(=O)c1ccc(C(=O)N(C(=O)c2nn3c(C(F)(F)F)cc(-c4ccccc4)nc3c2Br)c2nc3ccc(N)cc3s2)cc1.